The average molecular weight is 415 g/mol. The maximum atomic E-state index is 13.2. The van der Waals surface area contributed by atoms with Gasteiger partial charge in [0.25, 0.3) is 10.0 Å². The monoisotopic (exact) mass is 415 g/mol. The van der Waals surface area contributed by atoms with Crippen molar-refractivity contribution in [3.05, 3.63) is 48.0 Å². The van der Waals surface area contributed by atoms with E-state index < -0.39 is 44.5 Å². The van der Waals surface area contributed by atoms with Gasteiger partial charge in [-0.3, -0.25) is 4.72 Å². The van der Waals surface area contributed by atoms with E-state index in [2.05, 4.69) is 9.47 Å². The summed E-state index contributed by atoms with van der Waals surface area (Å²) < 4.78 is 111. The van der Waals surface area contributed by atoms with Crippen LogP contribution in [0.15, 0.2) is 47.4 Å². The highest BCUT2D eigenvalue weighted by Gasteiger charge is 2.35. The van der Waals surface area contributed by atoms with Crippen molar-refractivity contribution < 1.29 is 44.2 Å². The second-order valence-electron chi connectivity index (χ2n) is 5.04. The molecule has 0 aliphatic heterocycles. The Morgan fingerprint density at radius 2 is 1.59 bits per heavy atom. The zero-order valence-corrected chi connectivity index (χ0v) is 14.2. The fraction of sp³-hybridized carbons (Fsp3) is 0.200. The van der Waals surface area contributed by atoms with Gasteiger partial charge in [-0.2, -0.15) is 13.2 Å². The van der Waals surface area contributed by atoms with Gasteiger partial charge >= 0.3 is 12.5 Å². The first-order valence-electron chi connectivity index (χ1n) is 6.96. The lowest BCUT2D eigenvalue weighted by atomic mass is 10.1. The van der Waals surface area contributed by atoms with Crippen molar-refractivity contribution in [2.45, 2.75) is 17.4 Å². The van der Waals surface area contributed by atoms with Crippen LogP contribution in [-0.4, -0.2) is 21.9 Å². The minimum atomic E-state index is -5.06. The molecule has 0 fully saturated rings. The third-order valence-corrected chi connectivity index (χ3v) is 4.49. The van der Waals surface area contributed by atoms with Crippen LogP contribution in [-0.2, 0) is 16.2 Å². The van der Waals surface area contributed by atoms with Crippen LogP contribution >= 0.6 is 0 Å². The molecule has 0 atom stereocenters. The SMILES string of the molecule is COc1ccc(NS(=O)(=O)c2cccc(OC(F)(F)F)c2)c(C(F)(F)F)c1. The van der Waals surface area contributed by atoms with Gasteiger partial charge in [0.15, 0.2) is 0 Å². The Balaban J connectivity index is 2.41. The van der Waals surface area contributed by atoms with Crippen LogP contribution in [0.5, 0.6) is 11.5 Å². The van der Waals surface area contributed by atoms with Crippen LogP contribution in [0.4, 0.5) is 32.0 Å². The zero-order valence-electron chi connectivity index (χ0n) is 13.4. The Labute approximate surface area is 149 Å². The molecule has 2 aromatic carbocycles. The van der Waals surface area contributed by atoms with E-state index in [1.807, 2.05) is 0 Å². The van der Waals surface area contributed by atoms with Crippen LogP contribution in [0.25, 0.3) is 0 Å². The van der Waals surface area contributed by atoms with Crippen LogP contribution in [0.2, 0.25) is 0 Å². The molecule has 1 N–H and O–H groups in total. The standard InChI is InChI=1S/C15H11F6NO4S/c1-25-9-5-6-13(12(8-9)14(16,17)18)22-27(23,24)11-4-2-3-10(7-11)26-15(19,20)21/h2-8,22H,1H3. The van der Waals surface area contributed by atoms with Gasteiger partial charge in [-0.15, -0.1) is 13.2 Å². The lowest BCUT2D eigenvalue weighted by Crippen LogP contribution is -2.19. The van der Waals surface area contributed by atoms with Crippen LogP contribution in [0, 0.1) is 0 Å². The van der Waals surface area contributed by atoms with Crippen molar-refractivity contribution in [1.29, 1.82) is 0 Å². The molecule has 0 aliphatic rings. The minimum absolute atomic E-state index is 0.161. The van der Waals surface area contributed by atoms with Gasteiger partial charge in [-0.25, -0.2) is 8.42 Å². The van der Waals surface area contributed by atoms with Crippen molar-refractivity contribution in [3.63, 3.8) is 0 Å². The van der Waals surface area contributed by atoms with Crippen LogP contribution in [0.1, 0.15) is 5.56 Å². The van der Waals surface area contributed by atoms with Gasteiger partial charge in [0.1, 0.15) is 11.5 Å². The van der Waals surface area contributed by atoms with E-state index in [9.17, 15) is 34.8 Å². The molecule has 27 heavy (non-hydrogen) atoms. The van der Waals surface area contributed by atoms with Gasteiger partial charge in [0.05, 0.1) is 23.3 Å². The lowest BCUT2D eigenvalue weighted by molar-refractivity contribution is -0.274. The number of hydrogen-bond donors (Lipinski definition) is 1. The van der Waals surface area contributed by atoms with E-state index in [-0.39, 0.29) is 5.75 Å². The molecule has 0 bridgehead atoms. The molecule has 0 aromatic heterocycles. The Morgan fingerprint density at radius 1 is 0.926 bits per heavy atom. The molecule has 0 amide bonds. The first kappa shape index (κ1) is 20.7. The number of anilines is 1. The highest BCUT2D eigenvalue weighted by molar-refractivity contribution is 7.92. The predicted molar refractivity (Wildman–Crippen MR) is 81.9 cm³/mol. The van der Waals surface area contributed by atoms with Gasteiger partial charge in [-0.1, -0.05) is 6.07 Å². The number of nitrogens with one attached hydrogen (secondary N) is 1. The maximum Gasteiger partial charge on any atom is 0.573 e. The zero-order chi connectivity index (χ0) is 20.5. The number of benzene rings is 2. The van der Waals surface area contributed by atoms with Crippen LogP contribution in [0.3, 0.4) is 0 Å². The molecule has 5 nitrogen and oxygen atoms in total. The highest BCUT2D eigenvalue weighted by Crippen LogP contribution is 2.38. The summed E-state index contributed by atoms with van der Waals surface area (Å²) in [4.78, 5) is -0.715. The molecule has 2 rings (SSSR count). The number of ether oxygens (including phenoxy) is 2. The van der Waals surface area contributed by atoms with Gasteiger partial charge < -0.3 is 9.47 Å². The summed E-state index contributed by atoms with van der Waals surface area (Å²) in [5.74, 6) is -0.998. The summed E-state index contributed by atoms with van der Waals surface area (Å²) in [5.41, 5.74) is -2.14. The normalized spacial score (nSPS) is 12.6. The first-order chi connectivity index (χ1) is 12.3. The molecule has 148 valence electrons. The van der Waals surface area contributed by atoms with Crippen molar-refractivity contribution in [2.24, 2.45) is 0 Å². The Kier molecular flexibility index (Phi) is 5.50. The summed E-state index contributed by atoms with van der Waals surface area (Å²) in [6, 6.07) is 5.75. The van der Waals surface area contributed by atoms with Crippen molar-refractivity contribution in [2.75, 3.05) is 11.8 Å². The molecule has 0 heterocycles. The van der Waals surface area contributed by atoms with E-state index in [1.54, 1.807) is 4.72 Å². The summed E-state index contributed by atoms with van der Waals surface area (Å²) >= 11 is 0. The van der Waals surface area contributed by atoms with Gasteiger partial charge in [0.2, 0.25) is 0 Å². The molecule has 2 aromatic rings. The second kappa shape index (κ2) is 7.18. The number of methoxy groups -OCH3 is 1. The summed E-state index contributed by atoms with van der Waals surface area (Å²) in [7, 11) is -3.50. The summed E-state index contributed by atoms with van der Waals surface area (Å²) in [5, 5.41) is 0. The van der Waals surface area contributed by atoms with E-state index >= 15 is 0 Å². The third kappa shape index (κ3) is 5.42. The number of hydrogen-bond acceptors (Lipinski definition) is 4. The van der Waals surface area contributed by atoms with Crippen molar-refractivity contribution >= 4 is 15.7 Å². The quantitative estimate of drug-likeness (QED) is 0.735. The fourth-order valence-electron chi connectivity index (χ4n) is 2.02. The first-order valence-corrected chi connectivity index (χ1v) is 8.44. The predicted octanol–water partition coefficient (Wildman–Crippen LogP) is 4.41. The minimum Gasteiger partial charge on any atom is -0.497 e. The Bertz CT molecular complexity index is 925. The number of sulfonamides is 1. The topological polar surface area (TPSA) is 64.6 Å². The average Bonchev–Trinajstić information content (AvgIpc) is 2.52. The van der Waals surface area contributed by atoms with E-state index in [0.29, 0.717) is 12.1 Å². The molecule has 0 aliphatic carbocycles. The van der Waals surface area contributed by atoms with E-state index in [1.165, 1.54) is 0 Å². The molecule has 12 heteroatoms. The maximum absolute atomic E-state index is 13.2. The third-order valence-electron chi connectivity index (χ3n) is 3.13. The number of rotatable bonds is 5. The van der Waals surface area contributed by atoms with Crippen molar-refractivity contribution in [1.82, 2.24) is 0 Å². The molecule has 0 unspecified atom stereocenters. The molecule has 0 saturated heterocycles. The Morgan fingerprint density at radius 3 is 2.15 bits per heavy atom. The van der Waals surface area contributed by atoms with Gasteiger partial charge in [0, 0.05) is 6.07 Å². The van der Waals surface area contributed by atoms with E-state index in [0.717, 1.165) is 37.4 Å². The van der Waals surface area contributed by atoms with Crippen LogP contribution < -0.4 is 14.2 Å². The molecule has 0 saturated carbocycles. The number of halogens is 6. The largest absolute Gasteiger partial charge is 0.573 e. The Hall–Kier alpha value is -2.63. The summed E-state index contributed by atoms with van der Waals surface area (Å²) in [6.45, 7) is 0. The van der Waals surface area contributed by atoms with E-state index in [4.69, 9.17) is 0 Å². The smallest absolute Gasteiger partial charge is 0.497 e. The highest BCUT2D eigenvalue weighted by atomic mass is 32.2. The molecule has 0 radical (unpaired) electrons. The molecular weight excluding hydrogens is 404 g/mol. The summed E-state index contributed by atoms with van der Waals surface area (Å²) in [6.07, 6.45) is -9.97. The number of alkyl halides is 6. The molecular formula is C15H11F6NO4S. The van der Waals surface area contributed by atoms with Gasteiger partial charge in [-0.05, 0) is 30.3 Å². The fourth-order valence-corrected chi connectivity index (χ4v) is 3.13. The second-order valence-corrected chi connectivity index (χ2v) is 6.72. The lowest BCUT2D eigenvalue weighted by Gasteiger charge is -2.16. The van der Waals surface area contributed by atoms with Crippen molar-refractivity contribution in [3.8, 4) is 11.5 Å². The molecule has 0 spiro atoms.